The van der Waals surface area contributed by atoms with Crippen LogP contribution in [0, 0.1) is 16.7 Å². The molecule has 0 saturated heterocycles. The predicted octanol–water partition coefficient (Wildman–Crippen LogP) is 2.15. The molecule has 0 aliphatic rings. The number of amides is 1. The Balaban J connectivity index is 4.05. The lowest BCUT2D eigenvalue weighted by Gasteiger charge is -2.29. The average molecular weight is 302 g/mol. The van der Waals surface area contributed by atoms with Crippen LogP contribution in [-0.2, 0) is 14.3 Å². The maximum Gasteiger partial charge on any atom is 0.222 e. The van der Waals surface area contributed by atoms with Crippen molar-refractivity contribution in [3.63, 3.8) is 0 Å². The first kappa shape index (κ1) is 20.3. The number of rotatable bonds is 10. The number of carbonyl (C=O) groups is 1. The first-order valence-corrected chi connectivity index (χ1v) is 7.68. The highest BCUT2D eigenvalue weighted by Gasteiger charge is 2.24. The molecule has 0 spiro atoms. The van der Waals surface area contributed by atoms with Gasteiger partial charge >= 0.3 is 0 Å². The minimum atomic E-state index is -0.257. The van der Waals surface area contributed by atoms with Gasteiger partial charge in [0.15, 0.2) is 0 Å². The number of nitrogens with two attached hydrogens (primary N) is 1. The summed E-state index contributed by atoms with van der Waals surface area (Å²) < 4.78 is 11.3. The standard InChI is InChI=1S/C16H34N2O3/c1-12(2)14(19)18-8-15(4,5)9-20-10-16(6,7)11-21-13(3)17/h12-13H,8-11,17H2,1-7H3,(H,18,19). The minimum Gasteiger partial charge on any atom is -0.380 e. The molecule has 0 aliphatic carbocycles. The quantitative estimate of drug-likeness (QED) is 0.606. The van der Waals surface area contributed by atoms with Gasteiger partial charge in [0.1, 0.15) is 6.23 Å². The second kappa shape index (κ2) is 8.71. The monoisotopic (exact) mass is 302 g/mol. The normalized spacial score (nSPS) is 14.3. The molecule has 0 aromatic rings. The summed E-state index contributed by atoms with van der Waals surface area (Å²) in [5.41, 5.74) is 5.41. The Labute approximate surface area is 129 Å². The second-order valence-electron chi connectivity index (χ2n) is 7.71. The Morgan fingerprint density at radius 3 is 2.05 bits per heavy atom. The minimum absolute atomic E-state index is 0.0102. The first-order chi connectivity index (χ1) is 9.45. The Kier molecular flexibility index (Phi) is 8.44. The van der Waals surface area contributed by atoms with Gasteiger partial charge < -0.3 is 20.5 Å². The highest BCUT2D eigenvalue weighted by atomic mass is 16.5. The summed E-state index contributed by atoms with van der Waals surface area (Å²) in [5, 5.41) is 2.95. The van der Waals surface area contributed by atoms with Crippen molar-refractivity contribution in [3.05, 3.63) is 0 Å². The third-order valence-electron chi connectivity index (χ3n) is 2.99. The number of carbonyl (C=O) groups excluding carboxylic acids is 1. The van der Waals surface area contributed by atoms with Crippen LogP contribution in [0.4, 0.5) is 0 Å². The molecule has 126 valence electrons. The predicted molar refractivity (Wildman–Crippen MR) is 85.8 cm³/mol. The van der Waals surface area contributed by atoms with Gasteiger partial charge in [-0.2, -0.15) is 0 Å². The van der Waals surface area contributed by atoms with Crippen molar-refractivity contribution in [2.45, 2.75) is 54.7 Å². The molecular weight excluding hydrogens is 268 g/mol. The van der Waals surface area contributed by atoms with Crippen molar-refractivity contribution in [3.8, 4) is 0 Å². The van der Waals surface area contributed by atoms with E-state index in [0.717, 1.165) is 0 Å². The highest BCUT2D eigenvalue weighted by Crippen LogP contribution is 2.20. The average Bonchev–Trinajstić information content (AvgIpc) is 2.33. The van der Waals surface area contributed by atoms with E-state index in [1.165, 1.54) is 0 Å². The number of nitrogens with one attached hydrogen (secondary N) is 1. The summed E-state index contributed by atoms with van der Waals surface area (Å²) >= 11 is 0. The van der Waals surface area contributed by atoms with Crippen molar-refractivity contribution < 1.29 is 14.3 Å². The van der Waals surface area contributed by atoms with E-state index in [-0.39, 0.29) is 28.9 Å². The molecule has 0 fully saturated rings. The summed E-state index contributed by atoms with van der Waals surface area (Å²) in [6, 6.07) is 0. The summed E-state index contributed by atoms with van der Waals surface area (Å²) in [4.78, 5) is 11.6. The molecule has 0 radical (unpaired) electrons. The molecule has 0 rings (SSSR count). The van der Waals surface area contributed by atoms with Crippen LogP contribution in [-0.4, -0.2) is 38.5 Å². The fraction of sp³-hybridized carbons (Fsp3) is 0.938. The van der Waals surface area contributed by atoms with E-state index in [4.69, 9.17) is 15.2 Å². The zero-order valence-corrected chi connectivity index (χ0v) is 14.8. The maximum absolute atomic E-state index is 11.6. The van der Waals surface area contributed by atoms with Gasteiger partial charge in [-0.05, 0) is 6.92 Å². The van der Waals surface area contributed by atoms with E-state index in [1.807, 2.05) is 20.8 Å². The summed E-state index contributed by atoms with van der Waals surface area (Å²) in [7, 11) is 0. The summed E-state index contributed by atoms with van der Waals surface area (Å²) in [6.45, 7) is 16.3. The van der Waals surface area contributed by atoms with E-state index >= 15 is 0 Å². The fourth-order valence-electron chi connectivity index (χ4n) is 1.58. The topological polar surface area (TPSA) is 73.6 Å². The van der Waals surface area contributed by atoms with Gasteiger partial charge in [0.05, 0.1) is 19.8 Å². The van der Waals surface area contributed by atoms with E-state index in [0.29, 0.717) is 26.4 Å². The molecule has 1 amide bonds. The molecule has 0 bridgehead atoms. The molecule has 1 unspecified atom stereocenters. The van der Waals surface area contributed by atoms with Crippen LogP contribution in [0.3, 0.4) is 0 Å². The van der Waals surface area contributed by atoms with Crippen LogP contribution in [0.2, 0.25) is 0 Å². The van der Waals surface area contributed by atoms with Gasteiger partial charge in [-0.3, -0.25) is 4.79 Å². The van der Waals surface area contributed by atoms with Gasteiger partial charge in [0.25, 0.3) is 0 Å². The molecule has 5 heteroatoms. The Morgan fingerprint density at radius 1 is 1.05 bits per heavy atom. The van der Waals surface area contributed by atoms with E-state index in [2.05, 4.69) is 33.0 Å². The molecule has 0 aliphatic heterocycles. The molecule has 0 saturated carbocycles. The van der Waals surface area contributed by atoms with Gasteiger partial charge in [-0.1, -0.05) is 41.5 Å². The van der Waals surface area contributed by atoms with Gasteiger partial charge in [0, 0.05) is 23.3 Å². The molecule has 5 nitrogen and oxygen atoms in total. The molecule has 21 heavy (non-hydrogen) atoms. The largest absolute Gasteiger partial charge is 0.380 e. The van der Waals surface area contributed by atoms with Crippen molar-refractivity contribution in [1.82, 2.24) is 5.32 Å². The third-order valence-corrected chi connectivity index (χ3v) is 2.99. The van der Waals surface area contributed by atoms with Crippen molar-refractivity contribution in [1.29, 1.82) is 0 Å². The smallest absolute Gasteiger partial charge is 0.222 e. The van der Waals surface area contributed by atoms with Crippen molar-refractivity contribution in [2.75, 3.05) is 26.4 Å². The summed E-state index contributed by atoms with van der Waals surface area (Å²) in [6.07, 6.45) is -0.257. The van der Waals surface area contributed by atoms with E-state index < -0.39 is 0 Å². The van der Waals surface area contributed by atoms with Crippen molar-refractivity contribution in [2.24, 2.45) is 22.5 Å². The van der Waals surface area contributed by atoms with Crippen LogP contribution in [0.15, 0.2) is 0 Å². The molecule has 0 heterocycles. The third kappa shape index (κ3) is 10.7. The maximum atomic E-state index is 11.6. The van der Waals surface area contributed by atoms with Crippen LogP contribution in [0.1, 0.15) is 48.5 Å². The molecule has 3 N–H and O–H groups in total. The van der Waals surface area contributed by atoms with Crippen LogP contribution < -0.4 is 11.1 Å². The molecule has 0 aromatic heterocycles. The van der Waals surface area contributed by atoms with Crippen LogP contribution in [0.5, 0.6) is 0 Å². The van der Waals surface area contributed by atoms with Gasteiger partial charge in [-0.25, -0.2) is 0 Å². The fourth-order valence-corrected chi connectivity index (χ4v) is 1.58. The lowest BCUT2D eigenvalue weighted by atomic mass is 9.93. The number of hydrogen-bond acceptors (Lipinski definition) is 4. The Bertz CT molecular complexity index is 313. The SMILES string of the molecule is CC(N)OCC(C)(C)COCC(C)(C)CNC(=O)C(C)C. The van der Waals surface area contributed by atoms with Crippen LogP contribution in [0.25, 0.3) is 0 Å². The van der Waals surface area contributed by atoms with Crippen LogP contribution >= 0.6 is 0 Å². The van der Waals surface area contributed by atoms with Gasteiger partial charge in [-0.15, -0.1) is 0 Å². The molecule has 1 atom stereocenters. The first-order valence-electron chi connectivity index (χ1n) is 7.68. The number of hydrogen-bond donors (Lipinski definition) is 2. The number of ether oxygens (including phenoxy) is 2. The lowest BCUT2D eigenvalue weighted by molar-refractivity contribution is -0.124. The van der Waals surface area contributed by atoms with E-state index in [1.54, 1.807) is 0 Å². The molecular formula is C16H34N2O3. The Hall–Kier alpha value is -0.650. The van der Waals surface area contributed by atoms with E-state index in [9.17, 15) is 4.79 Å². The molecule has 0 aromatic carbocycles. The lowest BCUT2D eigenvalue weighted by Crippen LogP contribution is -2.39. The van der Waals surface area contributed by atoms with Gasteiger partial charge in [0.2, 0.25) is 5.91 Å². The van der Waals surface area contributed by atoms with Crippen molar-refractivity contribution >= 4 is 5.91 Å². The zero-order valence-electron chi connectivity index (χ0n) is 14.8. The zero-order chi connectivity index (χ0) is 16.7. The summed E-state index contributed by atoms with van der Waals surface area (Å²) in [5.74, 6) is 0.0878. The second-order valence-corrected chi connectivity index (χ2v) is 7.71. The Morgan fingerprint density at radius 2 is 1.57 bits per heavy atom. The highest BCUT2D eigenvalue weighted by molar-refractivity contribution is 5.77.